The second-order valence-electron chi connectivity index (χ2n) is 5.00. The summed E-state index contributed by atoms with van der Waals surface area (Å²) in [5.41, 5.74) is 6.95. The van der Waals surface area contributed by atoms with Gasteiger partial charge in [-0.15, -0.1) is 0 Å². The minimum atomic E-state index is -0.139. The quantitative estimate of drug-likeness (QED) is 0.896. The van der Waals surface area contributed by atoms with E-state index in [4.69, 9.17) is 5.73 Å². The van der Waals surface area contributed by atoms with Crippen LogP contribution in [0.4, 0.5) is 4.39 Å². The van der Waals surface area contributed by atoms with Crippen molar-refractivity contribution in [2.75, 3.05) is 0 Å². The van der Waals surface area contributed by atoms with E-state index in [1.54, 1.807) is 6.07 Å². The van der Waals surface area contributed by atoms with Gasteiger partial charge in [0.2, 0.25) is 0 Å². The summed E-state index contributed by atoms with van der Waals surface area (Å²) in [7, 11) is 0. The normalized spacial score (nSPS) is 19.2. The highest BCUT2D eigenvalue weighted by Gasteiger charge is 2.21. The van der Waals surface area contributed by atoms with Gasteiger partial charge in [-0.05, 0) is 48.9 Å². The molecule has 0 bridgehead atoms. The van der Waals surface area contributed by atoms with Crippen LogP contribution in [-0.2, 0) is 6.42 Å². The van der Waals surface area contributed by atoms with Crippen LogP contribution in [0, 0.1) is 11.7 Å². The van der Waals surface area contributed by atoms with E-state index in [0.29, 0.717) is 12.3 Å². The first-order valence-electron chi connectivity index (χ1n) is 6.36. The van der Waals surface area contributed by atoms with Crippen molar-refractivity contribution >= 4 is 15.9 Å². The van der Waals surface area contributed by atoms with Crippen molar-refractivity contribution in [2.45, 2.75) is 44.6 Å². The van der Waals surface area contributed by atoms with Gasteiger partial charge in [0, 0.05) is 10.5 Å². The first-order valence-corrected chi connectivity index (χ1v) is 7.15. The van der Waals surface area contributed by atoms with Crippen LogP contribution in [0.5, 0.6) is 0 Å². The summed E-state index contributed by atoms with van der Waals surface area (Å²) in [6, 6.07) is 5.18. The van der Waals surface area contributed by atoms with E-state index in [1.807, 2.05) is 6.07 Å². The Balaban J connectivity index is 2.01. The van der Waals surface area contributed by atoms with Gasteiger partial charge in [-0.25, -0.2) is 4.39 Å². The minimum absolute atomic E-state index is 0.0964. The Morgan fingerprint density at radius 3 is 2.71 bits per heavy atom. The molecule has 0 aliphatic heterocycles. The van der Waals surface area contributed by atoms with Crippen LogP contribution in [0.2, 0.25) is 0 Å². The molecule has 2 rings (SSSR count). The zero-order valence-electron chi connectivity index (χ0n) is 9.96. The van der Waals surface area contributed by atoms with Gasteiger partial charge in [0.15, 0.2) is 0 Å². The van der Waals surface area contributed by atoms with Crippen molar-refractivity contribution in [1.29, 1.82) is 0 Å². The van der Waals surface area contributed by atoms with Gasteiger partial charge >= 0.3 is 0 Å². The lowest BCUT2D eigenvalue weighted by Crippen LogP contribution is -2.33. The Kier molecular flexibility index (Phi) is 4.57. The second-order valence-corrected chi connectivity index (χ2v) is 5.92. The Labute approximate surface area is 111 Å². The monoisotopic (exact) mass is 299 g/mol. The van der Waals surface area contributed by atoms with E-state index in [-0.39, 0.29) is 11.9 Å². The third-order valence-electron chi connectivity index (χ3n) is 3.72. The molecule has 0 saturated heterocycles. The van der Waals surface area contributed by atoms with Crippen LogP contribution in [0.1, 0.15) is 37.7 Å². The highest BCUT2D eigenvalue weighted by atomic mass is 79.9. The molecule has 1 aromatic carbocycles. The van der Waals surface area contributed by atoms with Crippen LogP contribution in [0.3, 0.4) is 0 Å². The summed E-state index contributed by atoms with van der Waals surface area (Å²) >= 11 is 3.37. The second kappa shape index (κ2) is 5.96. The number of halogens is 2. The molecule has 3 heteroatoms. The smallest absolute Gasteiger partial charge is 0.126 e. The lowest BCUT2D eigenvalue weighted by Gasteiger charge is -2.27. The third kappa shape index (κ3) is 3.52. The molecule has 0 radical (unpaired) electrons. The number of hydrogen-bond acceptors (Lipinski definition) is 1. The topological polar surface area (TPSA) is 26.0 Å². The third-order valence-corrected chi connectivity index (χ3v) is 4.21. The van der Waals surface area contributed by atoms with E-state index in [0.717, 1.165) is 10.0 Å². The van der Waals surface area contributed by atoms with E-state index in [2.05, 4.69) is 15.9 Å². The molecular formula is C14H19BrFN. The van der Waals surface area contributed by atoms with Gasteiger partial charge in [0.1, 0.15) is 5.82 Å². The van der Waals surface area contributed by atoms with Crippen molar-refractivity contribution in [3.05, 3.63) is 34.1 Å². The SMILES string of the molecule is NC(Cc1cc(Br)ccc1F)C1CCCCC1. The molecule has 1 unspecified atom stereocenters. The molecule has 0 spiro atoms. The summed E-state index contributed by atoms with van der Waals surface area (Å²) < 4.78 is 14.5. The Morgan fingerprint density at radius 1 is 1.29 bits per heavy atom. The first-order chi connectivity index (χ1) is 8.16. The molecule has 1 fully saturated rings. The summed E-state index contributed by atoms with van der Waals surface area (Å²) in [4.78, 5) is 0. The fraction of sp³-hybridized carbons (Fsp3) is 0.571. The highest BCUT2D eigenvalue weighted by Crippen LogP contribution is 2.28. The average Bonchev–Trinajstić information content (AvgIpc) is 2.35. The van der Waals surface area contributed by atoms with Crippen molar-refractivity contribution in [2.24, 2.45) is 11.7 Å². The molecule has 2 N–H and O–H groups in total. The fourth-order valence-corrected chi connectivity index (χ4v) is 3.09. The fourth-order valence-electron chi connectivity index (χ4n) is 2.68. The van der Waals surface area contributed by atoms with E-state index >= 15 is 0 Å². The van der Waals surface area contributed by atoms with Gasteiger partial charge in [0.05, 0.1) is 0 Å². The van der Waals surface area contributed by atoms with Gasteiger partial charge < -0.3 is 5.73 Å². The van der Waals surface area contributed by atoms with E-state index in [9.17, 15) is 4.39 Å². The number of nitrogens with two attached hydrogens (primary N) is 1. The molecule has 17 heavy (non-hydrogen) atoms. The van der Waals surface area contributed by atoms with Crippen LogP contribution in [-0.4, -0.2) is 6.04 Å². The van der Waals surface area contributed by atoms with Crippen LogP contribution in [0.15, 0.2) is 22.7 Å². The molecular weight excluding hydrogens is 281 g/mol. The van der Waals surface area contributed by atoms with Gasteiger partial charge in [-0.3, -0.25) is 0 Å². The molecule has 0 heterocycles. The summed E-state index contributed by atoms with van der Waals surface area (Å²) in [6.45, 7) is 0. The molecule has 0 aromatic heterocycles. The molecule has 1 saturated carbocycles. The maximum Gasteiger partial charge on any atom is 0.126 e. The summed E-state index contributed by atoms with van der Waals surface area (Å²) in [6.07, 6.45) is 6.94. The molecule has 1 atom stereocenters. The average molecular weight is 300 g/mol. The predicted octanol–water partition coefficient (Wildman–Crippen LogP) is 4.04. The van der Waals surface area contributed by atoms with E-state index in [1.165, 1.54) is 38.2 Å². The van der Waals surface area contributed by atoms with Crippen LogP contribution >= 0.6 is 15.9 Å². The Hall–Kier alpha value is -0.410. The number of benzene rings is 1. The molecule has 94 valence electrons. The lowest BCUT2D eigenvalue weighted by atomic mass is 9.82. The molecule has 1 aliphatic rings. The number of hydrogen-bond donors (Lipinski definition) is 1. The summed E-state index contributed by atoms with van der Waals surface area (Å²) in [5.74, 6) is 0.432. The summed E-state index contributed by atoms with van der Waals surface area (Å²) in [5, 5.41) is 0. The highest BCUT2D eigenvalue weighted by molar-refractivity contribution is 9.10. The van der Waals surface area contributed by atoms with Gasteiger partial charge in [-0.1, -0.05) is 35.2 Å². The van der Waals surface area contributed by atoms with Gasteiger partial charge in [-0.2, -0.15) is 0 Å². The minimum Gasteiger partial charge on any atom is -0.327 e. The molecule has 1 nitrogen and oxygen atoms in total. The van der Waals surface area contributed by atoms with Crippen LogP contribution < -0.4 is 5.73 Å². The standard InChI is InChI=1S/C14H19BrFN/c15-12-6-7-13(16)11(8-12)9-14(17)10-4-2-1-3-5-10/h6-8,10,14H,1-5,9,17H2. The van der Waals surface area contributed by atoms with Crippen molar-refractivity contribution in [1.82, 2.24) is 0 Å². The zero-order chi connectivity index (χ0) is 12.3. The Morgan fingerprint density at radius 2 is 2.00 bits per heavy atom. The largest absolute Gasteiger partial charge is 0.327 e. The van der Waals surface area contributed by atoms with Crippen LogP contribution in [0.25, 0.3) is 0 Å². The molecule has 1 aromatic rings. The number of rotatable bonds is 3. The van der Waals surface area contributed by atoms with Crippen molar-refractivity contribution < 1.29 is 4.39 Å². The van der Waals surface area contributed by atoms with Crippen molar-refractivity contribution in [3.8, 4) is 0 Å². The molecule has 0 amide bonds. The van der Waals surface area contributed by atoms with E-state index < -0.39 is 0 Å². The maximum absolute atomic E-state index is 13.6. The maximum atomic E-state index is 13.6. The predicted molar refractivity (Wildman–Crippen MR) is 72.4 cm³/mol. The molecule has 1 aliphatic carbocycles. The van der Waals surface area contributed by atoms with Crippen molar-refractivity contribution in [3.63, 3.8) is 0 Å². The Bertz CT molecular complexity index is 374. The zero-order valence-corrected chi connectivity index (χ0v) is 11.5. The lowest BCUT2D eigenvalue weighted by molar-refractivity contribution is 0.302. The first kappa shape index (κ1) is 13.0. The van der Waals surface area contributed by atoms with Gasteiger partial charge in [0.25, 0.3) is 0 Å².